The van der Waals surface area contributed by atoms with Crippen LogP contribution in [0.3, 0.4) is 0 Å². The van der Waals surface area contributed by atoms with Crippen LogP contribution in [0.1, 0.15) is 46.5 Å². The third-order valence-electron chi connectivity index (χ3n) is 3.98. The van der Waals surface area contributed by atoms with Crippen molar-refractivity contribution in [2.24, 2.45) is 5.73 Å². The molecule has 1 fully saturated rings. The van der Waals surface area contributed by atoms with Crippen molar-refractivity contribution < 1.29 is 9.53 Å². The monoisotopic (exact) mass is 242 g/mol. The maximum Gasteiger partial charge on any atom is 0.324 e. The standard InChI is InChI=1S/C13H26N2O2/c1-4-15(5-2)13(9-7-8-10-13)11(14)12(16)17-6-3/h11H,4-10,14H2,1-3H3/t11-/m1/s1. The summed E-state index contributed by atoms with van der Waals surface area (Å²) >= 11 is 0. The Bertz CT molecular complexity index is 246. The number of nitrogens with zero attached hydrogens (tertiary/aromatic N) is 1. The maximum atomic E-state index is 11.9. The highest BCUT2D eigenvalue weighted by molar-refractivity contribution is 5.77. The van der Waals surface area contributed by atoms with Crippen molar-refractivity contribution in [2.45, 2.75) is 58.0 Å². The van der Waals surface area contributed by atoms with E-state index in [1.807, 2.05) is 6.92 Å². The van der Waals surface area contributed by atoms with Crippen molar-refractivity contribution in [3.8, 4) is 0 Å². The molecular weight excluding hydrogens is 216 g/mol. The number of carbonyl (C=O) groups is 1. The molecule has 4 nitrogen and oxygen atoms in total. The smallest absolute Gasteiger partial charge is 0.324 e. The summed E-state index contributed by atoms with van der Waals surface area (Å²) in [5.41, 5.74) is 6.01. The Morgan fingerprint density at radius 3 is 2.24 bits per heavy atom. The first-order chi connectivity index (χ1) is 8.12. The minimum Gasteiger partial charge on any atom is -0.465 e. The lowest BCUT2D eigenvalue weighted by atomic mass is 9.86. The van der Waals surface area contributed by atoms with E-state index in [-0.39, 0.29) is 11.5 Å². The molecule has 1 saturated carbocycles. The molecule has 0 heterocycles. The van der Waals surface area contributed by atoms with Crippen LogP contribution in [0.5, 0.6) is 0 Å². The number of likely N-dealkylation sites (N-methyl/N-ethyl adjacent to an activating group) is 1. The number of hydrogen-bond donors (Lipinski definition) is 1. The molecule has 0 radical (unpaired) electrons. The first kappa shape index (κ1) is 14.5. The van der Waals surface area contributed by atoms with E-state index in [0.29, 0.717) is 6.61 Å². The van der Waals surface area contributed by atoms with E-state index in [9.17, 15) is 4.79 Å². The largest absolute Gasteiger partial charge is 0.465 e. The highest BCUT2D eigenvalue weighted by Gasteiger charge is 2.47. The van der Waals surface area contributed by atoms with Gasteiger partial charge in [0.2, 0.25) is 0 Å². The van der Waals surface area contributed by atoms with Crippen molar-refractivity contribution in [2.75, 3.05) is 19.7 Å². The lowest BCUT2D eigenvalue weighted by Crippen LogP contribution is -2.61. The second-order valence-electron chi connectivity index (χ2n) is 4.71. The van der Waals surface area contributed by atoms with E-state index in [0.717, 1.165) is 38.8 Å². The van der Waals surface area contributed by atoms with Crippen molar-refractivity contribution in [1.29, 1.82) is 0 Å². The van der Waals surface area contributed by atoms with Crippen molar-refractivity contribution in [3.63, 3.8) is 0 Å². The van der Waals surface area contributed by atoms with Gasteiger partial charge in [0.05, 0.1) is 6.61 Å². The van der Waals surface area contributed by atoms with Crippen LogP contribution in [-0.4, -0.2) is 42.1 Å². The normalized spacial score (nSPS) is 20.5. The molecule has 0 amide bonds. The van der Waals surface area contributed by atoms with Gasteiger partial charge in [-0.25, -0.2) is 0 Å². The zero-order valence-corrected chi connectivity index (χ0v) is 11.4. The molecule has 0 saturated heterocycles. The summed E-state index contributed by atoms with van der Waals surface area (Å²) in [5.74, 6) is -0.249. The van der Waals surface area contributed by atoms with Crippen LogP contribution < -0.4 is 5.73 Å². The highest BCUT2D eigenvalue weighted by atomic mass is 16.5. The summed E-state index contributed by atoms with van der Waals surface area (Å²) in [6.07, 6.45) is 4.33. The van der Waals surface area contributed by atoms with Gasteiger partial charge in [-0.15, -0.1) is 0 Å². The summed E-state index contributed by atoms with van der Waals surface area (Å²) in [7, 11) is 0. The molecule has 0 spiro atoms. The molecule has 0 bridgehead atoms. The summed E-state index contributed by atoms with van der Waals surface area (Å²) in [6, 6.07) is -0.509. The molecule has 0 aromatic carbocycles. The molecule has 0 unspecified atom stereocenters. The Morgan fingerprint density at radius 2 is 1.82 bits per heavy atom. The number of nitrogens with two attached hydrogens (primary N) is 1. The Kier molecular flexibility index (Phi) is 5.40. The Balaban J connectivity index is 2.86. The zero-order valence-electron chi connectivity index (χ0n) is 11.4. The number of carbonyl (C=O) groups excluding carboxylic acids is 1. The molecule has 0 aromatic heterocycles. The molecule has 1 aliphatic rings. The van der Waals surface area contributed by atoms with E-state index in [1.54, 1.807) is 0 Å². The Hall–Kier alpha value is -0.610. The Morgan fingerprint density at radius 1 is 1.29 bits per heavy atom. The molecule has 100 valence electrons. The van der Waals surface area contributed by atoms with Crippen molar-refractivity contribution in [3.05, 3.63) is 0 Å². The van der Waals surface area contributed by atoms with Gasteiger partial charge in [0, 0.05) is 5.54 Å². The van der Waals surface area contributed by atoms with Crippen LogP contribution in [0.25, 0.3) is 0 Å². The minimum atomic E-state index is -0.509. The average molecular weight is 242 g/mol. The van der Waals surface area contributed by atoms with Crippen molar-refractivity contribution in [1.82, 2.24) is 4.90 Å². The van der Waals surface area contributed by atoms with Crippen LogP contribution in [0.15, 0.2) is 0 Å². The van der Waals surface area contributed by atoms with Gasteiger partial charge in [0.15, 0.2) is 0 Å². The van der Waals surface area contributed by atoms with Gasteiger partial charge >= 0.3 is 5.97 Å². The summed E-state index contributed by atoms with van der Waals surface area (Å²) < 4.78 is 5.09. The minimum absolute atomic E-state index is 0.171. The highest BCUT2D eigenvalue weighted by Crippen LogP contribution is 2.37. The number of hydrogen-bond acceptors (Lipinski definition) is 4. The number of ether oxygens (including phenoxy) is 1. The molecule has 1 atom stereocenters. The van der Waals surface area contributed by atoms with Gasteiger partial charge in [-0.2, -0.15) is 0 Å². The molecular formula is C13H26N2O2. The number of rotatable bonds is 6. The van der Waals surface area contributed by atoms with Gasteiger partial charge in [-0.3, -0.25) is 9.69 Å². The average Bonchev–Trinajstić information content (AvgIpc) is 2.80. The molecule has 17 heavy (non-hydrogen) atoms. The number of esters is 1. The van der Waals surface area contributed by atoms with Gasteiger partial charge in [-0.1, -0.05) is 26.7 Å². The van der Waals surface area contributed by atoms with E-state index in [1.165, 1.54) is 0 Å². The zero-order chi connectivity index (χ0) is 12.9. The maximum absolute atomic E-state index is 11.9. The summed E-state index contributed by atoms with van der Waals surface area (Å²) in [4.78, 5) is 14.2. The lowest BCUT2D eigenvalue weighted by molar-refractivity contribution is -0.149. The van der Waals surface area contributed by atoms with Crippen molar-refractivity contribution >= 4 is 5.97 Å². The predicted molar refractivity (Wildman–Crippen MR) is 68.7 cm³/mol. The van der Waals surface area contributed by atoms with Crippen LogP contribution in [0.2, 0.25) is 0 Å². The fourth-order valence-corrected chi connectivity index (χ4v) is 3.12. The van der Waals surface area contributed by atoms with Crippen LogP contribution in [0, 0.1) is 0 Å². The second kappa shape index (κ2) is 6.36. The van der Waals surface area contributed by atoms with Crippen LogP contribution >= 0.6 is 0 Å². The molecule has 0 aliphatic heterocycles. The van der Waals surface area contributed by atoms with Gasteiger partial charge < -0.3 is 10.5 Å². The Labute approximate surface area is 104 Å². The fourth-order valence-electron chi connectivity index (χ4n) is 3.12. The molecule has 4 heteroatoms. The first-order valence-corrected chi connectivity index (χ1v) is 6.79. The van der Waals surface area contributed by atoms with E-state index in [2.05, 4.69) is 18.7 Å². The molecule has 0 aromatic rings. The summed E-state index contributed by atoms with van der Waals surface area (Å²) in [5, 5.41) is 0. The topological polar surface area (TPSA) is 55.6 Å². The third-order valence-corrected chi connectivity index (χ3v) is 3.98. The van der Waals surface area contributed by atoms with E-state index < -0.39 is 6.04 Å². The van der Waals surface area contributed by atoms with E-state index in [4.69, 9.17) is 10.5 Å². The molecule has 1 rings (SSSR count). The van der Waals surface area contributed by atoms with Crippen LogP contribution in [0.4, 0.5) is 0 Å². The molecule has 2 N–H and O–H groups in total. The second-order valence-corrected chi connectivity index (χ2v) is 4.71. The quantitative estimate of drug-likeness (QED) is 0.718. The lowest BCUT2D eigenvalue weighted by Gasteiger charge is -2.43. The van der Waals surface area contributed by atoms with E-state index >= 15 is 0 Å². The summed E-state index contributed by atoms with van der Waals surface area (Å²) in [6.45, 7) is 8.35. The SMILES string of the molecule is CCOC(=O)[C@@H](N)C1(N(CC)CC)CCCC1. The van der Waals surface area contributed by atoms with Crippen LogP contribution in [-0.2, 0) is 9.53 Å². The third kappa shape index (κ3) is 2.80. The van der Waals surface area contributed by atoms with Gasteiger partial charge in [0.25, 0.3) is 0 Å². The first-order valence-electron chi connectivity index (χ1n) is 6.79. The fraction of sp³-hybridized carbons (Fsp3) is 0.923. The molecule has 1 aliphatic carbocycles. The predicted octanol–water partition coefficient (Wildman–Crippen LogP) is 1.53. The van der Waals surface area contributed by atoms with Gasteiger partial charge in [0.1, 0.15) is 6.04 Å². The van der Waals surface area contributed by atoms with Gasteiger partial charge in [-0.05, 0) is 32.9 Å².